The summed E-state index contributed by atoms with van der Waals surface area (Å²) < 4.78 is 34.8. The lowest BCUT2D eigenvalue weighted by molar-refractivity contribution is 0.101. The fraction of sp³-hybridized carbons (Fsp3) is 0.120. The summed E-state index contributed by atoms with van der Waals surface area (Å²) in [5.41, 5.74) is 1.34. The maximum absolute atomic E-state index is 14.5. The number of H-pyrrole nitrogens is 1. The zero-order valence-corrected chi connectivity index (χ0v) is 19.5. The highest BCUT2D eigenvalue weighted by Gasteiger charge is 2.37. The fourth-order valence-corrected chi connectivity index (χ4v) is 4.46. The van der Waals surface area contributed by atoms with Crippen LogP contribution in [0.3, 0.4) is 0 Å². The van der Waals surface area contributed by atoms with Crippen molar-refractivity contribution in [3.8, 4) is 28.4 Å². The van der Waals surface area contributed by atoms with E-state index in [9.17, 15) is 13.6 Å². The van der Waals surface area contributed by atoms with E-state index in [0.717, 1.165) is 6.07 Å². The van der Waals surface area contributed by atoms with Gasteiger partial charge in [-0.25, -0.2) is 13.8 Å². The van der Waals surface area contributed by atoms with Crippen LogP contribution >= 0.6 is 23.2 Å². The van der Waals surface area contributed by atoms with Crippen molar-refractivity contribution >= 4 is 34.8 Å². The second kappa shape index (κ2) is 8.11. The Morgan fingerprint density at radius 1 is 1.03 bits per heavy atom. The fourth-order valence-electron chi connectivity index (χ4n) is 3.96. The summed E-state index contributed by atoms with van der Waals surface area (Å²) >= 11 is 12.2. The van der Waals surface area contributed by atoms with E-state index in [1.807, 2.05) is 13.8 Å². The molecular formula is C25H17Cl2F2N3O2. The average molecular weight is 500 g/mol. The van der Waals surface area contributed by atoms with Crippen LogP contribution in [0.4, 0.5) is 14.5 Å². The van der Waals surface area contributed by atoms with Gasteiger partial charge in [-0.1, -0.05) is 35.3 Å². The molecule has 9 heteroatoms. The van der Waals surface area contributed by atoms with Gasteiger partial charge in [0.05, 0.1) is 32.6 Å². The maximum atomic E-state index is 14.5. The van der Waals surface area contributed by atoms with Crippen molar-refractivity contribution in [2.45, 2.75) is 19.4 Å². The molecule has 1 aromatic heterocycles. The minimum Gasteiger partial charge on any atom is -0.481 e. The van der Waals surface area contributed by atoms with E-state index in [-0.39, 0.29) is 27.0 Å². The second-order valence-electron chi connectivity index (χ2n) is 8.28. The van der Waals surface area contributed by atoms with Crippen molar-refractivity contribution in [2.75, 3.05) is 5.32 Å². The van der Waals surface area contributed by atoms with Crippen molar-refractivity contribution in [2.24, 2.45) is 0 Å². The van der Waals surface area contributed by atoms with Crippen LogP contribution in [-0.4, -0.2) is 15.9 Å². The van der Waals surface area contributed by atoms with Gasteiger partial charge in [-0.15, -0.1) is 0 Å². The highest BCUT2D eigenvalue weighted by Crippen LogP contribution is 2.46. The molecule has 1 aliphatic heterocycles. The number of imidazole rings is 1. The first-order chi connectivity index (χ1) is 16.2. The highest BCUT2D eigenvalue weighted by molar-refractivity contribution is 6.34. The molecule has 0 bridgehead atoms. The molecule has 0 atom stereocenters. The molecule has 0 unspecified atom stereocenters. The number of carbonyl (C=O) groups is 1. The number of nitrogens with zero attached hydrogens (tertiary/aromatic N) is 1. The molecule has 4 aromatic rings. The normalized spacial score (nSPS) is 13.6. The van der Waals surface area contributed by atoms with Gasteiger partial charge < -0.3 is 15.0 Å². The molecular weight excluding hydrogens is 483 g/mol. The van der Waals surface area contributed by atoms with E-state index in [0.29, 0.717) is 28.4 Å². The summed E-state index contributed by atoms with van der Waals surface area (Å²) in [4.78, 5) is 20.4. The van der Waals surface area contributed by atoms with Crippen molar-refractivity contribution in [1.29, 1.82) is 0 Å². The number of carbonyl (C=O) groups excluding carboxylic acids is 1. The van der Waals surface area contributed by atoms with Gasteiger partial charge in [-0.2, -0.15) is 0 Å². The molecule has 1 aliphatic rings. The number of hydrogen-bond acceptors (Lipinski definition) is 3. The second-order valence-corrected chi connectivity index (χ2v) is 9.09. The lowest BCUT2D eigenvalue weighted by Crippen LogP contribution is -2.29. The topological polar surface area (TPSA) is 67.0 Å². The quantitative estimate of drug-likeness (QED) is 0.313. The number of fused-ring (bicyclic) bond motifs is 3. The Labute approximate surface area is 203 Å². The Bertz CT molecular complexity index is 1430. The minimum atomic E-state index is -0.844. The summed E-state index contributed by atoms with van der Waals surface area (Å²) in [6, 6.07) is 13.4. The number of amides is 1. The Hall–Kier alpha value is -3.42. The number of hydrogen-bond donors (Lipinski definition) is 2. The molecule has 0 radical (unpaired) electrons. The van der Waals surface area contributed by atoms with E-state index in [2.05, 4.69) is 15.3 Å². The van der Waals surface area contributed by atoms with E-state index in [4.69, 9.17) is 27.9 Å². The monoisotopic (exact) mass is 499 g/mol. The molecule has 5 rings (SSSR count). The van der Waals surface area contributed by atoms with Gasteiger partial charge in [-0.3, -0.25) is 4.79 Å². The first kappa shape index (κ1) is 22.4. The molecule has 34 heavy (non-hydrogen) atoms. The highest BCUT2D eigenvalue weighted by atomic mass is 35.5. The number of benzene rings is 3. The first-order valence-corrected chi connectivity index (χ1v) is 11.0. The SMILES string of the molecule is CC1(C)Oc2cc(NC(=O)c3c(F)cccc3Cl)ccc2-c2nc(-c3c(F)cccc3Cl)[nH]c21. The molecule has 2 heterocycles. The number of nitrogens with one attached hydrogen (secondary N) is 2. The molecule has 172 valence electrons. The third kappa shape index (κ3) is 3.71. The Morgan fingerprint density at radius 3 is 2.44 bits per heavy atom. The number of ether oxygens (including phenoxy) is 1. The average Bonchev–Trinajstić information content (AvgIpc) is 3.19. The van der Waals surface area contributed by atoms with E-state index in [1.165, 1.54) is 24.3 Å². The van der Waals surface area contributed by atoms with E-state index >= 15 is 0 Å². The predicted molar refractivity (Wildman–Crippen MR) is 127 cm³/mol. The smallest absolute Gasteiger partial charge is 0.260 e. The van der Waals surface area contributed by atoms with Crippen molar-refractivity contribution in [1.82, 2.24) is 9.97 Å². The zero-order chi connectivity index (χ0) is 24.2. The number of anilines is 1. The molecule has 1 amide bonds. The van der Waals surface area contributed by atoms with Crippen LogP contribution in [0.15, 0.2) is 54.6 Å². The maximum Gasteiger partial charge on any atom is 0.260 e. The standard InChI is InChI=1S/C25H17Cl2F2N3O2/c1-25(2)22-21(31-23(32-22)19-14(26)5-3-7-16(19)28)13-10-9-12(11-18(13)34-25)30-24(33)20-15(27)6-4-8-17(20)29/h3-11H,1-2H3,(H,30,33)(H,31,32). The van der Waals surface area contributed by atoms with Crippen LogP contribution in [0.25, 0.3) is 22.6 Å². The van der Waals surface area contributed by atoms with Crippen LogP contribution in [0.5, 0.6) is 5.75 Å². The summed E-state index contributed by atoms with van der Waals surface area (Å²) in [6.45, 7) is 3.67. The number of halogens is 4. The van der Waals surface area contributed by atoms with Gasteiger partial charge in [0.25, 0.3) is 5.91 Å². The number of rotatable bonds is 3. The van der Waals surface area contributed by atoms with Gasteiger partial charge in [0.15, 0.2) is 0 Å². The molecule has 2 N–H and O–H groups in total. The molecule has 0 saturated carbocycles. The summed E-state index contributed by atoms with van der Waals surface area (Å²) in [5, 5.41) is 2.89. The predicted octanol–water partition coefficient (Wildman–Crippen LogP) is 7.21. The Kier molecular flexibility index (Phi) is 5.34. The first-order valence-electron chi connectivity index (χ1n) is 10.3. The molecule has 0 saturated heterocycles. The third-order valence-corrected chi connectivity index (χ3v) is 6.18. The number of aromatic nitrogens is 2. The van der Waals surface area contributed by atoms with Crippen LogP contribution in [0, 0.1) is 11.6 Å². The van der Waals surface area contributed by atoms with Gasteiger partial charge in [-0.05, 0) is 50.2 Å². The van der Waals surface area contributed by atoms with Gasteiger partial charge >= 0.3 is 0 Å². The third-order valence-electron chi connectivity index (χ3n) is 5.55. The summed E-state index contributed by atoms with van der Waals surface area (Å²) in [7, 11) is 0. The van der Waals surface area contributed by atoms with Crippen molar-refractivity contribution in [3.05, 3.63) is 87.5 Å². The van der Waals surface area contributed by atoms with Gasteiger partial charge in [0, 0.05) is 17.3 Å². The lowest BCUT2D eigenvalue weighted by Gasteiger charge is -2.32. The van der Waals surface area contributed by atoms with Crippen LogP contribution < -0.4 is 10.1 Å². The van der Waals surface area contributed by atoms with Crippen LogP contribution in [-0.2, 0) is 5.60 Å². The van der Waals surface area contributed by atoms with E-state index < -0.39 is 23.1 Å². The summed E-state index contributed by atoms with van der Waals surface area (Å²) in [6.07, 6.45) is 0. The largest absolute Gasteiger partial charge is 0.481 e. The van der Waals surface area contributed by atoms with Crippen molar-refractivity contribution in [3.63, 3.8) is 0 Å². The van der Waals surface area contributed by atoms with Crippen LogP contribution in [0.1, 0.15) is 29.9 Å². The molecule has 3 aromatic carbocycles. The summed E-state index contributed by atoms with van der Waals surface area (Å²) in [5.74, 6) is -1.17. The molecule has 5 nitrogen and oxygen atoms in total. The zero-order valence-electron chi connectivity index (χ0n) is 18.0. The van der Waals surface area contributed by atoms with E-state index in [1.54, 1.807) is 24.3 Å². The lowest BCUT2D eigenvalue weighted by atomic mass is 9.95. The minimum absolute atomic E-state index is 0.00772. The molecule has 0 aliphatic carbocycles. The number of aromatic amines is 1. The molecule has 0 fully saturated rings. The van der Waals surface area contributed by atoms with Gasteiger partial charge in [0.1, 0.15) is 28.8 Å². The van der Waals surface area contributed by atoms with Crippen molar-refractivity contribution < 1.29 is 18.3 Å². The molecule has 0 spiro atoms. The van der Waals surface area contributed by atoms with Crippen LogP contribution in [0.2, 0.25) is 10.0 Å². The Morgan fingerprint density at radius 2 is 1.74 bits per heavy atom. The van der Waals surface area contributed by atoms with Gasteiger partial charge in [0.2, 0.25) is 0 Å². The Balaban J connectivity index is 1.54.